The topological polar surface area (TPSA) is 89.3 Å². The summed E-state index contributed by atoms with van der Waals surface area (Å²) in [6.07, 6.45) is 3.20. The minimum atomic E-state index is -4.03. The molecule has 118 valence electrons. The van der Waals surface area contributed by atoms with E-state index >= 15 is 0 Å². The van der Waals surface area contributed by atoms with Crippen molar-refractivity contribution in [2.75, 3.05) is 5.32 Å². The second-order valence-corrected chi connectivity index (χ2v) is 6.45. The molecule has 1 amide bonds. The highest BCUT2D eigenvalue weighted by Gasteiger charge is 2.20. The molecule has 0 aliphatic carbocycles. The number of rotatable bonds is 7. The van der Waals surface area contributed by atoms with Gasteiger partial charge in [-0.05, 0) is 31.0 Å². The lowest BCUT2D eigenvalue weighted by Crippen LogP contribution is -2.24. The van der Waals surface area contributed by atoms with Gasteiger partial charge in [0, 0.05) is 5.92 Å². The number of nitrogens with one attached hydrogen (secondary N) is 1. The van der Waals surface area contributed by atoms with Crippen molar-refractivity contribution in [1.82, 2.24) is 0 Å². The Morgan fingerprint density at radius 1 is 1.38 bits per heavy atom. The fraction of sp³-hybridized carbons (Fsp3) is 0.500. The van der Waals surface area contributed by atoms with Crippen LogP contribution < -0.4 is 10.5 Å². The molecule has 0 fully saturated rings. The summed E-state index contributed by atoms with van der Waals surface area (Å²) in [6, 6.07) is 3.00. The van der Waals surface area contributed by atoms with Crippen LogP contribution in [0.3, 0.4) is 0 Å². The molecular weight excluding hydrogens is 295 g/mol. The number of halogens is 1. The van der Waals surface area contributed by atoms with Crippen molar-refractivity contribution in [3.8, 4) is 0 Å². The zero-order chi connectivity index (χ0) is 16.0. The molecule has 21 heavy (non-hydrogen) atoms. The maximum Gasteiger partial charge on any atom is 0.240 e. The molecular formula is C14H21FN2O3S. The first kappa shape index (κ1) is 17.6. The van der Waals surface area contributed by atoms with Gasteiger partial charge in [0.25, 0.3) is 0 Å². The summed E-state index contributed by atoms with van der Waals surface area (Å²) in [7, 11) is -4.03. The number of benzene rings is 1. The molecule has 0 radical (unpaired) electrons. The van der Waals surface area contributed by atoms with E-state index < -0.39 is 15.8 Å². The lowest BCUT2D eigenvalue weighted by atomic mass is 9.98. The summed E-state index contributed by atoms with van der Waals surface area (Å²) < 4.78 is 36.2. The van der Waals surface area contributed by atoms with Gasteiger partial charge in [-0.3, -0.25) is 4.79 Å². The van der Waals surface area contributed by atoms with E-state index in [2.05, 4.69) is 5.32 Å². The number of carbonyl (C=O) groups is 1. The average Bonchev–Trinajstić information content (AvgIpc) is 2.38. The Morgan fingerprint density at radius 3 is 2.57 bits per heavy atom. The second kappa shape index (κ2) is 7.51. The quantitative estimate of drug-likeness (QED) is 0.810. The summed E-state index contributed by atoms with van der Waals surface area (Å²) >= 11 is 0. The summed E-state index contributed by atoms with van der Waals surface area (Å²) in [6.45, 7) is 3.91. The molecule has 1 aromatic carbocycles. The Balaban J connectivity index is 3.01. The molecule has 1 aromatic rings. The van der Waals surface area contributed by atoms with Gasteiger partial charge in [0.05, 0.1) is 5.69 Å². The highest BCUT2D eigenvalue weighted by Crippen LogP contribution is 2.23. The Kier molecular flexibility index (Phi) is 6.29. The third kappa shape index (κ3) is 5.09. The van der Waals surface area contributed by atoms with Gasteiger partial charge in [-0.25, -0.2) is 17.9 Å². The average molecular weight is 316 g/mol. The molecule has 0 bridgehead atoms. The van der Waals surface area contributed by atoms with Crippen LogP contribution in [0.2, 0.25) is 0 Å². The summed E-state index contributed by atoms with van der Waals surface area (Å²) in [5, 5.41) is 7.55. The minimum Gasteiger partial charge on any atom is -0.325 e. The van der Waals surface area contributed by atoms with E-state index in [1.807, 2.05) is 13.8 Å². The third-order valence-corrected chi connectivity index (χ3v) is 4.24. The largest absolute Gasteiger partial charge is 0.325 e. The summed E-state index contributed by atoms with van der Waals surface area (Å²) in [5.41, 5.74) is -0.113. The second-order valence-electron chi connectivity index (χ2n) is 4.92. The van der Waals surface area contributed by atoms with Crippen LogP contribution in [0.5, 0.6) is 0 Å². The molecule has 1 rings (SSSR count). The first-order valence-corrected chi connectivity index (χ1v) is 8.47. The Morgan fingerprint density at radius 2 is 2.05 bits per heavy atom. The lowest BCUT2D eigenvalue weighted by Gasteiger charge is -2.16. The summed E-state index contributed by atoms with van der Waals surface area (Å²) in [5.74, 6) is -1.19. The smallest absolute Gasteiger partial charge is 0.240 e. The SMILES string of the molecule is CCCCC(CC)C(=O)Nc1cc(F)ccc1S(N)(=O)=O. The van der Waals surface area contributed by atoms with Crippen LogP contribution in [-0.4, -0.2) is 14.3 Å². The molecule has 5 nitrogen and oxygen atoms in total. The maximum absolute atomic E-state index is 13.3. The molecule has 1 atom stereocenters. The van der Waals surface area contributed by atoms with E-state index in [-0.39, 0.29) is 22.4 Å². The fourth-order valence-electron chi connectivity index (χ4n) is 2.05. The number of hydrogen-bond donors (Lipinski definition) is 2. The first-order valence-electron chi connectivity index (χ1n) is 6.92. The van der Waals surface area contributed by atoms with Crippen LogP contribution in [0, 0.1) is 11.7 Å². The Labute approximate surface area is 124 Å². The van der Waals surface area contributed by atoms with Gasteiger partial charge in [-0.15, -0.1) is 0 Å². The number of sulfonamides is 1. The van der Waals surface area contributed by atoms with Crippen LogP contribution in [0.15, 0.2) is 23.1 Å². The van der Waals surface area contributed by atoms with Gasteiger partial charge in [0.2, 0.25) is 15.9 Å². The number of amides is 1. The van der Waals surface area contributed by atoms with Crippen molar-refractivity contribution in [2.24, 2.45) is 11.1 Å². The highest BCUT2D eigenvalue weighted by molar-refractivity contribution is 7.89. The molecule has 0 saturated heterocycles. The van der Waals surface area contributed by atoms with Crippen LogP contribution in [0.25, 0.3) is 0 Å². The predicted molar refractivity (Wildman–Crippen MR) is 79.7 cm³/mol. The Bertz CT molecular complexity index is 602. The minimum absolute atomic E-state index is 0.113. The molecule has 1 unspecified atom stereocenters. The van der Waals surface area contributed by atoms with E-state index in [9.17, 15) is 17.6 Å². The molecule has 0 aliphatic heterocycles. The molecule has 0 saturated carbocycles. The number of primary sulfonamides is 1. The number of hydrogen-bond acceptors (Lipinski definition) is 3. The van der Waals surface area contributed by atoms with Crippen LogP contribution in [-0.2, 0) is 14.8 Å². The van der Waals surface area contributed by atoms with Crippen molar-refractivity contribution in [1.29, 1.82) is 0 Å². The van der Waals surface area contributed by atoms with Crippen LogP contribution in [0.1, 0.15) is 39.5 Å². The van der Waals surface area contributed by atoms with Gasteiger partial charge >= 0.3 is 0 Å². The number of unbranched alkanes of at least 4 members (excludes halogenated alkanes) is 1. The molecule has 0 spiro atoms. The zero-order valence-corrected chi connectivity index (χ0v) is 13.0. The Hall–Kier alpha value is -1.47. The normalized spacial score (nSPS) is 13.0. The van der Waals surface area contributed by atoms with Crippen molar-refractivity contribution in [2.45, 2.75) is 44.4 Å². The van der Waals surface area contributed by atoms with Crippen molar-refractivity contribution >= 4 is 21.6 Å². The zero-order valence-electron chi connectivity index (χ0n) is 12.2. The lowest BCUT2D eigenvalue weighted by molar-refractivity contribution is -0.120. The van der Waals surface area contributed by atoms with E-state index in [1.54, 1.807) is 0 Å². The van der Waals surface area contributed by atoms with Gasteiger partial charge in [0.1, 0.15) is 10.7 Å². The van der Waals surface area contributed by atoms with E-state index in [0.29, 0.717) is 12.8 Å². The van der Waals surface area contributed by atoms with E-state index in [4.69, 9.17) is 5.14 Å². The molecule has 3 N–H and O–H groups in total. The first-order chi connectivity index (χ1) is 9.79. The van der Waals surface area contributed by atoms with Crippen LogP contribution in [0.4, 0.5) is 10.1 Å². The molecule has 0 aromatic heterocycles. The van der Waals surface area contributed by atoms with Gasteiger partial charge in [-0.2, -0.15) is 0 Å². The predicted octanol–water partition coefficient (Wildman–Crippen LogP) is 2.63. The number of anilines is 1. The standard InChI is InChI=1S/C14H21FN2O3S/c1-3-5-6-10(4-2)14(18)17-12-9-11(15)7-8-13(12)21(16,19)20/h7-10H,3-6H2,1-2H3,(H,17,18)(H2,16,19,20). The van der Waals surface area contributed by atoms with Crippen molar-refractivity contribution in [3.63, 3.8) is 0 Å². The van der Waals surface area contributed by atoms with Gasteiger partial charge < -0.3 is 5.32 Å². The third-order valence-electron chi connectivity index (χ3n) is 3.28. The monoisotopic (exact) mass is 316 g/mol. The number of nitrogens with two attached hydrogens (primary N) is 1. The number of carbonyl (C=O) groups excluding carboxylic acids is 1. The molecule has 0 heterocycles. The van der Waals surface area contributed by atoms with Crippen LogP contribution >= 0.6 is 0 Å². The van der Waals surface area contributed by atoms with E-state index in [0.717, 1.165) is 31.0 Å². The van der Waals surface area contributed by atoms with Gasteiger partial charge in [0.15, 0.2) is 0 Å². The van der Waals surface area contributed by atoms with Crippen molar-refractivity contribution in [3.05, 3.63) is 24.0 Å². The van der Waals surface area contributed by atoms with Crippen molar-refractivity contribution < 1.29 is 17.6 Å². The molecule has 0 aliphatic rings. The molecule has 7 heteroatoms. The highest BCUT2D eigenvalue weighted by atomic mass is 32.2. The van der Waals surface area contributed by atoms with Gasteiger partial charge in [-0.1, -0.05) is 26.7 Å². The maximum atomic E-state index is 13.3. The summed E-state index contributed by atoms with van der Waals surface area (Å²) in [4.78, 5) is 11.9. The van der Waals surface area contributed by atoms with E-state index in [1.165, 1.54) is 0 Å². The fourth-order valence-corrected chi connectivity index (χ4v) is 2.73.